The quantitative estimate of drug-likeness (QED) is 0.0770. The first-order valence-corrected chi connectivity index (χ1v) is 26.6. The molecular weight excluding hydrogens is 920 g/mol. The average molecular weight is 981 g/mol. The van der Waals surface area contributed by atoms with E-state index in [1.165, 1.54) is 58.3 Å². The molecule has 0 atom stereocenters. The van der Waals surface area contributed by atoms with E-state index in [1.807, 2.05) is 30.3 Å². The maximum atomic E-state index is 12.4. The Kier molecular flexibility index (Phi) is 16.3. The van der Waals surface area contributed by atoms with Crippen LogP contribution in [0.1, 0.15) is 76.3 Å². The van der Waals surface area contributed by atoms with Gasteiger partial charge in [0.1, 0.15) is 6.04 Å². The van der Waals surface area contributed by atoms with Crippen molar-refractivity contribution in [3.63, 3.8) is 0 Å². The molecule has 0 spiro atoms. The minimum absolute atomic E-state index is 0.130. The van der Waals surface area contributed by atoms with E-state index >= 15 is 0 Å². The Labute approximate surface area is 403 Å². The first-order chi connectivity index (χ1) is 33.4. The van der Waals surface area contributed by atoms with E-state index in [2.05, 4.69) is 73.2 Å². The van der Waals surface area contributed by atoms with Crippen LogP contribution >= 0.6 is 0 Å². The molecule has 20 nitrogen and oxygen atoms in total. The molecule has 4 heterocycles. The normalized spacial score (nSPS) is 17.1. The van der Waals surface area contributed by atoms with Crippen molar-refractivity contribution in [2.45, 2.75) is 98.2 Å². The predicted octanol–water partition coefficient (Wildman–Crippen LogP) is 3.56. The maximum Gasteiger partial charge on any atom is 0.488 e. The van der Waals surface area contributed by atoms with Gasteiger partial charge in [-0.1, -0.05) is 87.1 Å². The molecule has 7 N–H and O–H groups in total. The molecule has 2 aromatic heterocycles. The van der Waals surface area contributed by atoms with Gasteiger partial charge in [-0.05, 0) is 104 Å². The summed E-state index contributed by atoms with van der Waals surface area (Å²) in [5, 5.41) is 53.6. The van der Waals surface area contributed by atoms with Crippen molar-refractivity contribution < 1.29 is 26.9 Å². The Morgan fingerprint density at radius 2 is 1.04 bits per heavy atom. The molecule has 2 aliphatic carbocycles. The summed E-state index contributed by atoms with van der Waals surface area (Å²) < 4.78 is 54.1. The number of rotatable bonds is 14. The third-order valence-corrected chi connectivity index (χ3v) is 15.7. The molecule has 23 heteroatoms. The monoisotopic (exact) mass is 980 g/mol. The summed E-state index contributed by atoms with van der Waals surface area (Å²) in [6.07, 6.45) is 11.8. The van der Waals surface area contributed by atoms with Crippen LogP contribution in [0.25, 0.3) is 22.8 Å². The van der Waals surface area contributed by atoms with Gasteiger partial charge in [0.2, 0.25) is 31.7 Å². The van der Waals surface area contributed by atoms with Crippen LogP contribution in [0.4, 0.5) is 17.1 Å². The van der Waals surface area contributed by atoms with Crippen LogP contribution in [0, 0.1) is 0 Å². The fraction of sp³-hybridized carbons (Fsp3) is 0.435. The van der Waals surface area contributed by atoms with Gasteiger partial charge in [-0.3, -0.25) is 0 Å². The summed E-state index contributed by atoms with van der Waals surface area (Å²) >= 11 is 0. The Morgan fingerprint density at radius 3 is 1.45 bits per heavy atom. The predicted molar refractivity (Wildman–Crippen MR) is 266 cm³/mol. The summed E-state index contributed by atoms with van der Waals surface area (Å²) in [7, 11) is -5.67. The van der Waals surface area contributed by atoms with E-state index in [4.69, 9.17) is 10.0 Å². The number of hydrogen-bond acceptors (Lipinski definition) is 16. The van der Waals surface area contributed by atoms with Gasteiger partial charge < -0.3 is 30.9 Å². The lowest BCUT2D eigenvalue weighted by Crippen LogP contribution is -2.48. The zero-order valence-electron chi connectivity index (χ0n) is 38.9. The van der Waals surface area contributed by atoms with Gasteiger partial charge in [-0.15, -0.1) is 20.4 Å². The zero-order valence-corrected chi connectivity index (χ0v) is 40.5. The maximum absolute atomic E-state index is 12.4. The van der Waals surface area contributed by atoms with Crippen molar-refractivity contribution in [1.29, 1.82) is 0 Å². The Balaban J connectivity index is 0.000000160. The molecule has 0 amide bonds. The summed E-state index contributed by atoms with van der Waals surface area (Å²) in [5.41, 5.74) is 4.72. The van der Waals surface area contributed by atoms with E-state index in [0.717, 1.165) is 63.2 Å². The summed E-state index contributed by atoms with van der Waals surface area (Å²) in [6, 6.07) is 30.1. The van der Waals surface area contributed by atoms with E-state index in [1.54, 1.807) is 64.2 Å². The number of para-hydroxylation sites is 1. The van der Waals surface area contributed by atoms with E-state index < -0.39 is 27.2 Å². The van der Waals surface area contributed by atoms with Crippen LogP contribution in [0.2, 0.25) is 0 Å². The number of nitrogens with one attached hydrogen (secondary N) is 5. The highest BCUT2D eigenvalue weighted by Crippen LogP contribution is 2.34. The molecule has 0 unspecified atom stereocenters. The lowest BCUT2D eigenvalue weighted by atomic mass is 9.81. The van der Waals surface area contributed by atoms with Gasteiger partial charge in [-0.2, -0.15) is 9.59 Å². The average Bonchev–Trinajstić information content (AvgIpc) is 4.03. The van der Waals surface area contributed by atoms with Crippen LogP contribution in [-0.2, 0) is 20.0 Å². The van der Waals surface area contributed by atoms with Crippen LogP contribution in [0.15, 0.2) is 107 Å². The molecule has 4 aliphatic rings. The molecular formula is C46H61BN14O6S2. The summed E-state index contributed by atoms with van der Waals surface area (Å²) in [5.74, 6) is 0.869. The standard InChI is InChI=1S/C23H29N7O2S.C17H25N7O2S.C6H7BO2/c1-24-33(31,32)20-12-13-22(25-17-8-4-2-5-9-17)21(14-20)23-26-28-30(27-23)19-15-29(16-19)18-10-6-3-7-11-18;1-18-27(25,26)14-7-8-16(20-12-5-3-2-4-6-12)15(9-14)17-21-23-24(22-17)13-10-19-11-13;8-7(9)6-4-2-1-3-5-6/h3,6-7,10-14,17,19,24-25H,2,4-5,8-9,15-16H2,1H3;7-9,12-13,18-20H,2-6,10-11H2,1H3;1-5,8-9H. The fourth-order valence-electron chi connectivity index (χ4n) is 8.66. The van der Waals surface area contributed by atoms with Crippen molar-refractivity contribution in [3.8, 4) is 22.8 Å². The first-order valence-electron chi connectivity index (χ1n) is 23.6. The Hall–Kier alpha value is -5.82. The highest BCUT2D eigenvalue weighted by atomic mass is 32.2. The topological polar surface area (TPSA) is 259 Å². The van der Waals surface area contributed by atoms with Gasteiger partial charge in [-0.25, -0.2) is 26.3 Å². The van der Waals surface area contributed by atoms with Gasteiger partial charge >= 0.3 is 7.12 Å². The zero-order chi connectivity index (χ0) is 48.4. The number of hydrogen-bond donors (Lipinski definition) is 7. The van der Waals surface area contributed by atoms with Crippen molar-refractivity contribution in [2.75, 3.05) is 55.8 Å². The minimum Gasteiger partial charge on any atom is -0.423 e. The van der Waals surface area contributed by atoms with E-state index in [0.29, 0.717) is 40.3 Å². The molecule has 2 saturated heterocycles. The number of sulfonamides is 2. The lowest BCUT2D eigenvalue weighted by Gasteiger charge is -2.39. The molecule has 69 heavy (non-hydrogen) atoms. The molecule has 10 rings (SSSR count). The fourth-order valence-corrected chi connectivity index (χ4v) is 10.2. The molecule has 4 fully saturated rings. The van der Waals surface area contributed by atoms with Gasteiger partial charge in [0.15, 0.2) is 0 Å². The first kappa shape index (κ1) is 49.6. The molecule has 2 aliphatic heterocycles. The summed E-state index contributed by atoms with van der Waals surface area (Å²) in [6.45, 7) is 3.25. The van der Waals surface area contributed by atoms with Gasteiger partial charge in [0, 0.05) is 66.5 Å². The number of tetrazole rings is 2. The number of nitrogens with zero attached hydrogens (tertiary/aromatic N) is 9. The second-order valence-electron chi connectivity index (χ2n) is 17.6. The molecule has 366 valence electrons. The molecule has 6 aromatic rings. The van der Waals surface area contributed by atoms with Gasteiger partial charge in [0.05, 0.1) is 15.8 Å². The van der Waals surface area contributed by atoms with Crippen molar-refractivity contribution in [1.82, 2.24) is 55.2 Å². The third kappa shape index (κ3) is 12.5. The van der Waals surface area contributed by atoms with Crippen molar-refractivity contribution in [3.05, 3.63) is 97.1 Å². The number of aromatic nitrogens is 8. The Morgan fingerprint density at radius 1 is 0.594 bits per heavy atom. The van der Waals surface area contributed by atoms with Crippen LogP contribution in [-0.4, -0.2) is 127 Å². The smallest absolute Gasteiger partial charge is 0.423 e. The molecule has 2 saturated carbocycles. The Bertz CT molecular complexity index is 2820. The van der Waals surface area contributed by atoms with Crippen molar-refractivity contribution in [2.24, 2.45) is 0 Å². The number of anilines is 3. The van der Waals surface area contributed by atoms with Crippen molar-refractivity contribution >= 4 is 49.7 Å². The van der Waals surface area contributed by atoms with Crippen LogP contribution in [0.3, 0.4) is 0 Å². The third-order valence-electron chi connectivity index (χ3n) is 12.9. The molecule has 0 bridgehead atoms. The highest BCUT2D eigenvalue weighted by molar-refractivity contribution is 7.89. The summed E-state index contributed by atoms with van der Waals surface area (Å²) in [4.78, 5) is 5.90. The minimum atomic E-state index is -3.59. The highest BCUT2D eigenvalue weighted by Gasteiger charge is 2.31. The number of benzene rings is 4. The SMILES string of the molecule is CNS(=O)(=O)c1ccc(NC2CCCCC2)c(-c2nnn(C3CN(c4ccccc4)C3)n2)c1.CNS(=O)(=O)c1ccc(NC2CCCCC2)c(-c2nnn(C3CNC3)n2)c1.OB(O)c1ccccc1. The van der Waals surface area contributed by atoms with E-state index in [-0.39, 0.29) is 21.9 Å². The van der Waals surface area contributed by atoms with E-state index in [9.17, 15) is 16.8 Å². The largest absolute Gasteiger partial charge is 0.488 e. The molecule has 4 aromatic carbocycles. The second kappa shape index (κ2) is 22.7. The second-order valence-corrected chi connectivity index (χ2v) is 21.4. The van der Waals surface area contributed by atoms with Crippen LogP contribution < -0.4 is 35.8 Å². The van der Waals surface area contributed by atoms with Gasteiger partial charge in [0.25, 0.3) is 0 Å². The van der Waals surface area contributed by atoms with Crippen LogP contribution in [0.5, 0.6) is 0 Å². The molecule has 0 radical (unpaired) electrons. The lowest BCUT2D eigenvalue weighted by molar-refractivity contribution is 0.285.